The summed E-state index contributed by atoms with van der Waals surface area (Å²) < 4.78 is 0. The molecule has 41 heavy (non-hydrogen) atoms. The van der Waals surface area contributed by atoms with Crippen LogP contribution < -0.4 is 5.32 Å². The van der Waals surface area contributed by atoms with Gasteiger partial charge in [0, 0.05) is 23.7 Å². The van der Waals surface area contributed by atoms with Crippen LogP contribution in [0, 0.1) is 6.92 Å². The van der Waals surface area contributed by atoms with E-state index in [1.165, 1.54) is 51.6 Å². The van der Waals surface area contributed by atoms with Gasteiger partial charge in [-0.1, -0.05) is 41.9 Å². The van der Waals surface area contributed by atoms with Crippen LogP contribution in [-0.2, 0) is 19.4 Å². The van der Waals surface area contributed by atoms with Crippen molar-refractivity contribution >= 4 is 17.5 Å². The number of halogens is 1. The number of amides is 1. The molecule has 0 aromatic heterocycles. The van der Waals surface area contributed by atoms with Gasteiger partial charge in [-0.3, -0.25) is 4.79 Å². The molecule has 1 amide bonds. The standard InChI is InChI=1S/C36H46ClN3O/c1-26-33-9-5-4-8-27(33)12-16-34(26)29-18-22-40(23-19-29)21-7-6-20-38-36(41)30-13-17-35(31(24-30)25-39(2)3)28-10-14-32(37)15-11-28/h10-17,24,29H,4-9,18-23,25H2,1-3H3,(H,38,41). The molecule has 0 radical (unpaired) electrons. The number of carbonyl (C=O) groups excluding carboxylic acids is 1. The minimum absolute atomic E-state index is 0.00824. The number of hydrogen-bond donors (Lipinski definition) is 1. The average Bonchev–Trinajstić information content (AvgIpc) is 2.98. The Hall–Kier alpha value is -2.66. The number of hydrogen-bond acceptors (Lipinski definition) is 3. The minimum Gasteiger partial charge on any atom is -0.352 e. The maximum atomic E-state index is 13.0. The van der Waals surface area contributed by atoms with Crippen molar-refractivity contribution in [1.82, 2.24) is 15.1 Å². The van der Waals surface area contributed by atoms with Crippen LogP contribution in [0.25, 0.3) is 11.1 Å². The third-order valence-corrected chi connectivity index (χ3v) is 9.34. The van der Waals surface area contributed by atoms with Crippen LogP contribution in [-0.4, -0.2) is 56.0 Å². The number of carbonyl (C=O) groups is 1. The summed E-state index contributed by atoms with van der Waals surface area (Å²) in [5.41, 5.74) is 10.6. The van der Waals surface area contributed by atoms with Crippen LogP contribution in [0.4, 0.5) is 0 Å². The first-order valence-corrected chi connectivity index (χ1v) is 15.9. The van der Waals surface area contributed by atoms with Gasteiger partial charge >= 0.3 is 0 Å². The molecule has 0 saturated carbocycles. The second kappa shape index (κ2) is 14.0. The molecule has 0 spiro atoms. The number of rotatable bonds is 10. The van der Waals surface area contributed by atoms with Crippen molar-refractivity contribution in [3.05, 3.63) is 93.0 Å². The monoisotopic (exact) mass is 571 g/mol. The van der Waals surface area contributed by atoms with E-state index in [1.807, 2.05) is 36.4 Å². The number of unbranched alkanes of at least 4 members (excludes halogenated alkanes) is 1. The van der Waals surface area contributed by atoms with Crippen LogP contribution in [0.15, 0.2) is 54.6 Å². The zero-order chi connectivity index (χ0) is 28.8. The van der Waals surface area contributed by atoms with E-state index in [0.29, 0.717) is 12.5 Å². The van der Waals surface area contributed by atoms with Crippen molar-refractivity contribution < 1.29 is 4.79 Å². The summed E-state index contributed by atoms with van der Waals surface area (Å²) in [7, 11) is 4.10. The van der Waals surface area contributed by atoms with Crippen LogP contribution in [0.3, 0.4) is 0 Å². The quantitative estimate of drug-likeness (QED) is 0.254. The number of piperidine rings is 1. The molecule has 1 saturated heterocycles. The third-order valence-electron chi connectivity index (χ3n) is 9.08. The van der Waals surface area contributed by atoms with Crippen molar-refractivity contribution in [1.29, 1.82) is 0 Å². The molecule has 1 fully saturated rings. The molecule has 0 atom stereocenters. The Morgan fingerprint density at radius 2 is 1.73 bits per heavy atom. The Bertz CT molecular complexity index is 1330. The molecule has 3 aromatic rings. The molecule has 218 valence electrons. The SMILES string of the molecule is Cc1c(C2CCN(CCCCNC(=O)c3ccc(-c4ccc(Cl)cc4)c(CN(C)C)c3)CC2)ccc2c1CCCC2. The van der Waals surface area contributed by atoms with E-state index in [0.717, 1.165) is 53.2 Å². The molecule has 1 aliphatic carbocycles. The lowest BCUT2D eigenvalue weighted by atomic mass is 9.80. The molecule has 5 heteroatoms. The van der Waals surface area contributed by atoms with Gasteiger partial charge in [0.05, 0.1) is 0 Å². The van der Waals surface area contributed by atoms with Gasteiger partial charge in [-0.05, 0) is 161 Å². The molecule has 4 nitrogen and oxygen atoms in total. The van der Waals surface area contributed by atoms with E-state index in [9.17, 15) is 4.79 Å². The van der Waals surface area contributed by atoms with E-state index in [1.54, 1.807) is 22.3 Å². The van der Waals surface area contributed by atoms with Crippen LogP contribution in [0.2, 0.25) is 5.02 Å². The zero-order valence-electron chi connectivity index (χ0n) is 25.1. The number of benzene rings is 3. The van der Waals surface area contributed by atoms with Crippen molar-refractivity contribution in [2.45, 2.75) is 70.8 Å². The fraction of sp³-hybridized carbons (Fsp3) is 0.472. The molecule has 2 aliphatic rings. The Balaban J connectivity index is 1.07. The van der Waals surface area contributed by atoms with E-state index >= 15 is 0 Å². The minimum atomic E-state index is 0.00824. The average molecular weight is 572 g/mol. The Morgan fingerprint density at radius 3 is 2.49 bits per heavy atom. The van der Waals surface area contributed by atoms with Gasteiger partial charge in [-0.25, -0.2) is 0 Å². The molecule has 0 bridgehead atoms. The Morgan fingerprint density at radius 1 is 0.976 bits per heavy atom. The van der Waals surface area contributed by atoms with Crippen molar-refractivity contribution in [3.8, 4) is 11.1 Å². The second-order valence-corrected chi connectivity index (χ2v) is 12.8. The second-order valence-electron chi connectivity index (χ2n) is 12.3. The molecule has 0 unspecified atom stereocenters. The predicted octanol–water partition coefficient (Wildman–Crippen LogP) is 7.65. The fourth-order valence-electron chi connectivity index (χ4n) is 6.82. The Kier molecular flexibility index (Phi) is 10.2. The van der Waals surface area contributed by atoms with Gasteiger partial charge in [-0.2, -0.15) is 0 Å². The van der Waals surface area contributed by atoms with Crippen molar-refractivity contribution in [2.75, 3.05) is 40.3 Å². The fourth-order valence-corrected chi connectivity index (χ4v) is 6.95. The summed E-state index contributed by atoms with van der Waals surface area (Å²) in [4.78, 5) is 17.7. The topological polar surface area (TPSA) is 35.6 Å². The van der Waals surface area contributed by atoms with Gasteiger partial charge in [-0.15, -0.1) is 0 Å². The number of aryl methyl sites for hydroxylation is 1. The van der Waals surface area contributed by atoms with E-state index in [2.05, 4.69) is 54.3 Å². The molecular formula is C36H46ClN3O. The maximum Gasteiger partial charge on any atom is 0.251 e. The highest BCUT2D eigenvalue weighted by Gasteiger charge is 2.24. The van der Waals surface area contributed by atoms with E-state index in [-0.39, 0.29) is 5.91 Å². The zero-order valence-corrected chi connectivity index (χ0v) is 25.9. The van der Waals surface area contributed by atoms with E-state index in [4.69, 9.17) is 11.6 Å². The normalized spacial score (nSPS) is 16.1. The smallest absolute Gasteiger partial charge is 0.251 e. The van der Waals surface area contributed by atoms with E-state index < -0.39 is 0 Å². The van der Waals surface area contributed by atoms with Gasteiger partial charge in [0.25, 0.3) is 5.91 Å². The first-order chi connectivity index (χ1) is 19.9. The summed E-state index contributed by atoms with van der Waals surface area (Å²) in [6.07, 6.45) is 9.89. The van der Waals surface area contributed by atoms with Crippen LogP contribution >= 0.6 is 11.6 Å². The van der Waals surface area contributed by atoms with Crippen molar-refractivity contribution in [2.24, 2.45) is 0 Å². The summed E-state index contributed by atoms with van der Waals surface area (Å²) in [6, 6.07) is 18.8. The summed E-state index contributed by atoms with van der Waals surface area (Å²) in [5.74, 6) is 0.718. The lowest BCUT2D eigenvalue weighted by Crippen LogP contribution is -2.34. The lowest BCUT2D eigenvalue weighted by Gasteiger charge is -2.33. The van der Waals surface area contributed by atoms with Gasteiger partial charge in [0.1, 0.15) is 0 Å². The van der Waals surface area contributed by atoms with Gasteiger partial charge in [0.2, 0.25) is 0 Å². The highest BCUT2D eigenvalue weighted by Crippen LogP contribution is 2.35. The first kappa shape index (κ1) is 29.8. The molecule has 5 rings (SSSR count). The number of fused-ring (bicyclic) bond motifs is 1. The summed E-state index contributed by atoms with van der Waals surface area (Å²) in [5, 5.41) is 3.88. The van der Waals surface area contributed by atoms with Gasteiger partial charge < -0.3 is 15.1 Å². The molecule has 1 aliphatic heterocycles. The third kappa shape index (κ3) is 7.60. The largest absolute Gasteiger partial charge is 0.352 e. The molecule has 1 N–H and O–H groups in total. The highest BCUT2D eigenvalue weighted by molar-refractivity contribution is 6.30. The van der Waals surface area contributed by atoms with Crippen molar-refractivity contribution in [3.63, 3.8) is 0 Å². The number of nitrogens with one attached hydrogen (secondary N) is 1. The highest BCUT2D eigenvalue weighted by atomic mass is 35.5. The van der Waals surface area contributed by atoms with Crippen LogP contribution in [0.1, 0.15) is 82.6 Å². The lowest BCUT2D eigenvalue weighted by molar-refractivity contribution is 0.0952. The molecular weight excluding hydrogens is 526 g/mol. The Labute approximate surface area is 252 Å². The predicted molar refractivity (Wildman–Crippen MR) is 172 cm³/mol. The maximum absolute atomic E-state index is 13.0. The molecule has 3 aromatic carbocycles. The summed E-state index contributed by atoms with van der Waals surface area (Å²) >= 11 is 6.09. The molecule has 1 heterocycles. The summed E-state index contributed by atoms with van der Waals surface area (Å²) in [6.45, 7) is 7.34. The number of likely N-dealkylation sites (tertiary alicyclic amines) is 1. The van der Waals surface area contributed by atoms with Crippen LogP contribution in [0.5, 0.6) is 0 Å². The van der Waals surface area contributed by atoms with Gasteiger partial charge in [0.15, 0.2) is 0 Å². The number of nitrogens with zero attached hydrogens (tertiary/aromatic N) is 2. The first-order valence-electron chi connectivity index (χ1n) is 15.5.